The highest BCUT2D eigenvalue weighted by Gasteiger charge is 2.21. The fourth-order valence-electron chi connectivity index (χ4n) is 2.89. The zero-order chi connectivity index (χ0) is 18.7. The average Bonchev–Trinajstić information content (AvgIpc) is 2.52. The van der Waals surface area contributed by atoms with Crippen LogP contribution >= 0.6 is 0 Å². The summed E-state index contributed by atoms with van der Waals surface area (Å²) >= 11 is 0. The van der Waals surface area contributed by atoms with Crippen LogP contribution in [0, 0.1) is 13.8 Å². The van der Waals surface area contributed by atoms with Crippen molar-refractivity contribution < 1.29 is 9.90 Å². The van der Waals surface area contributed by atoms with E-state index in [1.165, 1.54) is 0 Å². The van der Waals surface area contributed by atoms with Crippen LogP contribution in [-0.4, -0.2) is 38.6 Å². The van der Waals surface area contributed by atoms with Gasteiger partial charge in [0, 0.05) is 6.54 Å². The predicted octanol–water partition coefficient (Wildman–Crippen LogP) is 1.68. The number of carboxylic acids is 1. The summed E-state index contributed by atoms with van der Waals surface area (Å²) in [4.78, 5) is 41.1. The third-order valence-corrected chi connectivity index (χ3v) is 4.15. The SMILES string of the molecule is CCN(CC)Cc1c(C(=O)O)[nH]c(=O)n(-c2cc(C)cc(C)c2)c1=O. The van der Waals surface area contributed by atoms with Crippen LogP contribution in [0.4, 0.5) is 0 Å². The maximum absolute atomic E-state index is 13.0. The molecule has 0 aliphatic carbocycles. The summed E-state index contributed by atoms with van der Waals surface area (Å²) in [5, 5.41) is 9.39. The van der Waals surface area contributed by atoms with Gasteiger partial charge in [0.05, 0.1) is 11.3 Å². The molecule has 134 valence electrons. The molecule has 2 rings (SSSR count). The van der Waals surface area contributed by atoms with Crippen molar-refractivity contribution in [3.63, 3.8) is 0 Å². The van der Waals surface area contributed by atoms with Gasteiger partial charge < -0.3 is 10.1 Å². The van der Waals surface area contributed by atoms with Gasteiger partial charge in [-0.25, -0.2) is 14.2 Å². The third kappa shape index (κ3) is 3.88. The second-order valence-corrected chi connectivity index (χ2v) is 6.04. The number of rotatable bonds is 6. The van der Waals surface area contributed by atoms with Gasteiger partial charge in [0.2, 0.25) is 0 Å². The van der Waals surface area contributed by atoms with Crippen molar-refractivity contribution in [3.05, 3.63) is 61.4 Å². The van der Waals surface area contributed by atoms with Crippen molar-refractivity contribution in [2.45, 2.75) is 34.2 Å². The molecule has 0 amide bonds. The van der Waals surface area contributed by atoms with E-state index < -0.39 is 17.2 Å². The highest BCUT2D eigenvalue weighted by molar-refractivity contribution is 5.86. The van der Waals surface area contributed by atoms with Crippen LogP contribution in [0.25, 0.3) is 5.69 Å². The normalized spacial score (nSPS) is 11.1. The highest BCUT2D eigenvalue weighted by Crippen LogP contribution is 2.12. The number of aromatic amines is 1. The molecule has 0 fully saturated rings. The Labute approximate surface area is 145 Å². The number of H-pyrrole nitrogens is 1. The molecule has 0 unspecified atom stereocenters. The number of aromatic nitrogens is 2. The summed E-state index contributed by atoms with van der Waals surface area (Å²) in [6.45, 7) is 9.09. The molecule has 1 aromatic heterocycles. The maximum atomic E-state index is 13.0. The second kappa shape index (κ2) is 7.48. The number of carboxylic acid groups (broad SMARTS) is 1. The maximum Gasteiger partial charge on any atom is 0.352 e. The van der Waals surface area contributed by atoms with E-state index in [0.29, 0.717) is 18.8 Å². The Morgan fingerprint density at radius 2 is 1.68 bits per heavy atom. The molecule has 1 aromatic carbocycles. The summed E-state index contributed by atoms with van der Waals surface area (Å²) in [5.74, 6) is -1.32. The standard InChI is InChI=1S/C18H23N3O4/c1-5-20(6-2)10-14-15(17(23)24)19-18(25)21(16(14)22)13-8-11(3)7-12(4)9-13/h7-9H,5-6,10H2,1-4H3,(H,19,25)(H,23,24). The Kier molecular flexibility index (Phi) is 5.58. The van der Waals surface area contributed by atoms with E-state index in [0.717, 1.165) is 15.7 Å². The van der Waals surface area contributed by atoms with Crippen LogP contribution in [0.15, 0.2) is 27.8 Å². The smallest absolute Gasteiger partial charge is 0.352 e. The van der Waals surface area contributed by atoms with E-state index in [-0.39, 0.29) is 17.8 Å². The molecule has 0 aliphatic heterocycles. The minimum absolute atomic E-state index is 0.0787. The number of aromatic carboxylic acids is 1. The number of aryl methyl sites for hydroxylation is 2. The van der Waals surface area contributed by atoms with Gasteiger partial charge in [-0.05, 0) is 50.2 Å². The highest BCUT2D eigenvalue weighted by atomic mass is 16.4. The minimum atomic E-state index is -1.32. The number of carbonyl (C=O) groups is 1. The molecule has 0 bridgehead atoms. The van der Waals surface area contributed by atoms with Crippen molar-refractivity contribution in [1.29, 1.82) is 0 Å². The second-order valence-electron chi connectivity index (χ2n) is 6.04. The molecule has 0 spiro atoms. The van der Waals surface area contributed by atoms with Gasteiger partial charge in [-0.15, -0.1) is 0 Å². The van der Waals surface area contributed by atoms with E-state index in [4.69, 9.17) is 0 Å². The first kappa shape index (κ1) is 18.7. The summed E-state index contributed by atoms with van der Waals surface area (Å²) in [5.41, 5.74) is 0.635. The summed E-state index contributed by atoms with van der Waals surface area (Å²) in [7, 11) is 0. The Morgan fingerprint density at radius 3 is 2.16 bits per heavy atom. The zero-order valence-electron chi connectivity index (χ0n) is 14.9. The molecular weight excluding hydrogens is 322 g/mol. The van der Waals surface area contributed by atoms with E-state index in [2.05, 4.69) is 4.98 Å². The Bertz CT molecular complexity index is 887. The topological polar surface area (TPSA) is 95.4 Å². The lowest BCUT2D eigenvalue weighted by Gasteiger charge is -2.19. The molecule has 7 heteroatoms. The fraction of sp³-hybridized carbons (Fsp3) is 0.389. The summed E-state index contributed by atoms with van der Waals surface area (Å²) < 4.78 is 1.01. The summed E-state index contributed by atoms with van der Waals surface area (Å²) in [6.07, 6.45) is 0. The van der Waals surface area contributed by atoms with Crippen molar-refractivity contribution in [1.82, 2.24) is 14.5 Å². The molecule has 7 nitrogen and oxygen atoms in total. The van der Waals surface area contributed by atoms with Crippen LogP contribution in [0.2, 0.25) is 0 Å². The number of hydrogen-bond acceptors (Lipinski definition) is 4. The van der Waals surface area contributed by atoms with Gasteiger partial charge in [0.25, 0.3) is 5.56 Å². The predicted molar refractivity (Wildman–Crippen MR) is 95.7 cm³/mol. The molecule has 25 heavy (non-hydrogen) atoms. The molecule has 0 saturated heterocycles. The van der Waals surface area contributed by atoms with Crippen LogP contribution in [0.5, 0.6) is 0 Å². The third-order valence-electron chi connectivity index (χ3n) is 4.15. The first-order chi connectivity index (χ1) is 11.8. The lowest BCUT2D eigenvalue weighted by atomic mass is 10.1. The monoisotopic (exact) mass is 345 g/mol. The van der Waals surface area contributed by atoms with E-state index in [1.54, 1.807) is 12.1 Å². The lowest BCUT2D eigenvalue weighted by molar-refractivity contribution is 0.0686. The molecule has 0 aliphatic rings. The van der Waals surface area contributed by atoms with Crippen LogP contribution in [0.1, 0.15) is 41.0 Å². The van der Waals surface area contributed by atoms with Gasteiger partial charge in [-0.1, -0.05) is 19.9 Å². The largest absolute Gasteiger partial charge is 0.477 e. The molecule has 0 atom stereocenters. The van der Waals surface area contributed by atoms with Gasteiger partial charge in [-0.2, -0.15) is 0 Å². The van der Waals surface area contributed by atoms with Gasteiger partial charge in [-0.3, -0.25) is 9.69 Å². The first-order valence-corrected chi connectivity index (χ1v) is 8.21. The van der Waals surface area contributed by atoms with E-state index in [1.807, 2.05) is 38.7 Å². The van der Waals surface area contributed by atoms with Gasteiger partial charge in [0.1, 0.15) is 5.69 Å². The van der Waals surface area contributed by atoms with Crippen molar-refractivity contribution in [2.75, 3.05) is 13.1 Å². The molecule has 1 heterocycles. The van der Waals surface area contributed by atoms with E-state index >= 15 is 0 Å². The van der Waals surface area contributed by atoms with Crippen molar-refractivity contribution >= 4 is 5.97 Å². The van der Waals surface area contributed by atoms with Crippen LogP contribution in [-0.2, 0) is 6.54 Å². The van der Waals surface area contributed by atoms with Crippen molar-refractivity contribution in [3.8, 4) is 5.69 Å². The zero-order valence-corrected chi connectivity index (χ0v) is 14.9. The number of hydrogen-bond donors (Lipinski definition) is 2. The van der Waals surface area contributed by atoms with Crippen LogP contribution in [0.3, 0.4) is 0 Å². The Balaban J connectivity index is 2.76. The van der Waals surface area contributed by atoms with Gasteiger partial charge >= 0.3 is 11.7 Å². The van der Waals surface area contributed by atoms with Gasteiger partial charge in [0.15, 0.2) is 0 Å². The molecule has 2 aromatic rings. The minimum Gasteiger partial charge on any atom is -0.477 e. The molecule has 0 radical (unpaired) electrons. The quantitative estimate of drug-likeness (QED) is 0.830. The fourth-order valence-corrected chi connectivity index (χ4v) is 2.89. The van der Waals surface area contributed by atoms with E-state index in [9.17, 15) is 19.5 Å². The van der Waals surface area contributed by atoms with Crippen molar-refractivity contribution in [2.24, 2.45) is 0 Å². The average molecular weight is 345 g/mol. The summed E-state index contributed by atoms with van der Waals surface area (Å²) in [6, 6.07) is 5.39. The first-order valence-electron chi connectivity index (χ1n) is 8.21. The Hall–Kier alpha value is -2.67. The molecular formula is C18H23N3O4. The number of benzene rings is 1. The molecule has 0 saturated carbocycles. The Morgan fingerprint density at radius 1 is 1.12 bits per heavy atom. The number of nitrogens with one attached hydrogen (secondary N) is 1. The molecule has 2 N–H and O–H groups in total. The van der Waals surface area contributed by atoms with Crippen LogP contribution < -0.4 is 11.2 Å². The lowest BCUT2D eigenvalue weighted by Crippen LogP contribution is -2.40. The number of nitrogens with zero attached hydrogens (tertiary/aromatic N) is 2.